The molecular formula is C38H44N2O6S. The van der Waals surface area contributed by atoms with E-state index in [-0.39, 0.29) is 13.2 Å². The number of benzene rings is 4. The van der Waals surface area contributed by atoms with Gasteiger partial charge in [-0.15, -0.1) is 0 Å². The molecule has 3 N–H and O–H groups in total. The Balaban J connectivity index is 1.43. The van der Waals surface area contributed by atoms with Gasteiger partial charge < -0.3 is 39.4 Å². The summed E-state index contributed by atoms with van der Waals surface area (Å²) >= 11 is 5.65. The zero-order valence-corrected chi connectivity index (χ0v) is 27.3. The van der Waals surface area contributed by atoms with E-state index in [1.165, 1.54) is 0 Å². The highest BCUT2D eigenvalue weighted by Crippen LogP contribution is 2.30. The van der Waals surface area contributed by atoms with Crippen molar-refractivity contribution in [2.75, 3.05) is 19.8 Å². The molecule has 0 radical (unpaired) electrons. The van der Waals surface area contributed by atoms with Crippen molar-refractivity contribution in [1.82, 2.24) is 10.6 Å². The van der Waals surface area contributed by atoms with E-state index in [9.17, 15) is 5.11 Å². The summed E-state index contributed by atoms with van der Waals surface area (Å²) in [4.78, 5) is 0. The second kappa shape index (κ2) is 19.2. The molecule has 0 unspecified atom stereocenters. The maximum Gasteiger partial charge on any atom is 0.168 e. The van der Waals surface area contributed by atoms with E-state index in [2.05, 4.69) is 10.6 Å². The highest BCUT2D eigenvalue weighted by atomic mass is 32.1. The van der Waals surface area contributed by atoms with E-state index < -0.39 is 30.6 Å². The molecule has 1 saturated heterocycles. The predicted molar refractivity (Wildman–Crippen MR) is 185 cm³/mol. The first-order valence-electron chi connectivity index (χ1n) is 16.1. The van der Waals surface area contributed by atoms with Crippen LogP contribution in [0.3, 0.4) is 0 Å². The van der Waals surface area contributed by atoms with Crippen molar-refractivity contribution in [3.63, 3.8) is 0 Å². The van der Waals surface area contributed by atoms with Gasteiger partial charge in [-0.1, -0.05) is 121 Å². The first-order chi connectivity index (χ1) is 23.2. The molecule has 0 spiro atoms. The minimum atomic E-state index is -0.685. The Morgan fingerprint density at radius 3 is 1.55 bits per heavy atom. The number of thiocarbonyl (C=S) groups is 1. The lowest BCUT2D eigenvalue weighted by atomic mass is 9.97. The van der Waals surface area contributed by atoms with Crippen LogP contribution >= 0.6 is 12.2 Å². The lowest BCUT2D eigenvalue weighted by molar-refractivity contribution is -0.275. The summed E-state index contributed by atoms with van der Waals surface area (Å²) in [6.07, 6.45) is -2.34. The SMILES string of the molecule is OCCCNC(=S)N[C@H]1O[C@H](COCc2ccccc2)[C@@H](OCc2ccccc2)[C@H](OCc2ccccc2)[C@H]1OCc1ccccc1. The van der Waals surface area contributed by atoms with Gasteiger partial charge in [-0.25, -0.2) is 0 Å². The second-order valence-corrected chi connectivity index (χ2v) is 11.8. The van der Waals surface area contributed by atoms with Gasteiger partial charge in [-0.05, 0) is 40.9 Å². The van der Waals surface area contributed by atoms with Crippen molar-refractivity contribution in [3.8, 4) is 0 Å². The maximum absolute atomic E-state index is 9.28. The van der Waals surface area contributed by atoms with Crippen molar-refractivity contribution in [1.29, 1.82) is 0 Å². The van der Waals surface area contributed by atoms with Crippen LogP contribution in [0.4, 0.5) is 0 Å². The number of rotatable bonds is 17. The lowest BCUT2D eigenvalue weighted by Crippen LogP contribution is -2.66. The number of hydrogen-bond donors (Lipinski definition) is 3. The Kier molecular flexibility index (Phi) is 14.2. The van der Waals surface area contributed by atoms with Gasteiger partial charge in [0.1, 0.15) is 24.4 Å². The average molecular weight is 657 g/mol. The number of aliphatic hydroxyl groups excluding tert-OH is 1. The number of ether oxygens (including phenoxy) is 5. The minimum absolute atomic E-state index is 0.0645. The van der Waals surface area contributed by atoms with Gasteiger partial charge >= 0.3 is 0 Å². The Morgan fingerprint density at radius 1 is 0.617 bits per heavy atom. The molecule has 1 aliphatic rings. The standard InChI is InChI=1S/C38H44N2O6S/c41-23-13-22-39-38(47)40-37-36(45-27-32-20-11-4-12-21-32)35(44-26-31-18-9-3-10-19-31)34(43-25-30-16-7-2-8-17-30)33(46-37)28-42-24-29-14-5-1-6-15-29/h1-12,14-21,33-37,41H,13,22-28H2,(H2,39,40,47)/t33-,34-,35+,36-,37+/m1/s1. The maximum atomic E-state index is 9.28. The van der Waals surface area contributed by atoms with Gasteiger partial charge in [-0.2, -0.15) is 0 Å². The largest absolute Gasteiger partial charge is 0.396 e. The smallest absolute Gasteiger partial charge is 0.168 e. The highest BCUT2D eigenvalue weighted by molar-refractivity contribution is 7.80. The third-order valence-corrected chi connectivity index (χ3v) is 8.04. The molecule has 248 valence electrons. The number of hydrogen-bond acceptors (Lipinski definition) is 7. The normalized spacial score (nSPS) is 20.8. The van der Waals surface area contributed by atoms with Gasteiger partial charge in [-0.3, -0.25) is 0 Å². The molecule has 0 bridgehead atoms. The third kappa shape index (κ3) is 11.2. The predicted octanol–water partition coefficient (Wildman–Crippen LogP) is 5.53. The summed E-state index contributed by atoms with van der Waals surface area (Å²) in [7, 11) is 0. The van der Waals surface area contributed by atoms with E-state index in [1.807, 2.05) is 121 Å². The zero-order valence-electron chi connectivity index (χ0n) is 26.5. The van der Waals surface area contributed by atoms with Crippen molar-refractivity contribution in [3.05, 3.63) is 144 Å². The summed E-state index contributed by atoms with van der Waals surface area (Å²) in [5.74, 6) is 0. The van der Waals surface area contributed by atoms with Crippen LogP contribution in [0.1, 0.15) is 28.7 Å². The molecule has 5 atom stereocenters. The zero-order chi connectivity index (χ0) is 32.5. The summed E-state index contributed by atoms with van der Waals surface area (Å²) in [5.41, 5.74) is 4.15. The van der Waals surface area contributed by atoms with Crippen LogP contribution in [-0.4, -0.2) is 60.6 Å². The Bertz CT molecular complexity index is 1430. The summed E-state index contributed by atoms with van der Waals surface area (Å²) in [6.45, 7) is 2.32. The Labute approximate surface area is 283 Å². The molecule has 0 aliphatic carbocycles. The van der Waals surface area contributed by atoms with Gasteiger partial charge in [0, 0.05) is 13.2 Å². The van der Waals surface area contributed by atoms with Crippen LogP contribution < -0.4 is 10.6 Å². The van der Waals surface area contributed by atoms with Crippen LogP contribution in [0, 0.1) is 0 Å². The molecule has 1 fully saturated rings. The topological polar surface area (TPSA) is 90.4 Å². The molecule has 5 rings (SSSR count). The first-order valence-corrected chi connectivity index (χ1v) is 16.5. The van der Waals surface area contributed by atoms with Gasteiger partial charge in [0.2, 0.25) is 0 Å². The molecule has 47 heavy (non-hydrogen) atoms. The first kappa shape index (κ1) is 34.7. The molecule has 4 aromatic rings. The number of aliphatic hydroxyl groups is 1. The van der Waals surface area contributed by atoms with Gasteiger partial charge in [0.15, 0.2) is 11.3 Å². The molecule has 8 nitrogen and oxygen atoms in total. The van der Waals surface area contributed by atoms with Crippen molar-refractivity contribution in [2.24, 2.45) is 0 Å². The third-order valence-electron chi connectivity index (χ3n) is 7.78. The highest BCUT2D eigenvalue weighted by Gasteiger charge is 2.48. The van der Waals surface area contributed by atoms with E-state index in [0.717, 1.165) is 22.3 Å². The molecule has 1 aliphatic heterocycles. The van der Waals surface area contributed by atoms with Crippen LogP contribution in [0.25, 0.3) is 0 Å². The summed E-state index contributed by atoms with van der Waals surface area (Å²) in [6, 6.07) is 40.1. The molecule has 1 heterocycles. The minimum Gasteiger partial charge on any atom is -0.396 e. The average Bonchev–Trinajstić information content (AvgIpc) is 3.11. The van der Waals surface area contributed by atoms with E-state index in [4.69, 9.17) is 35.9 Å². The second-order valence-electron chi connectivity index (χ2n) is 11.4. The molecular weight excluding hydrogens is 612 g/mol. The molecule has 0 saturated carbocycles. The lowest BCUT2D eigenvalue weighted by Gasteiger charge is -2.46. The fourth-order valence-corrected chi connectivity index (χ4v) is 5.58. The van der Waals surface area contributed by atoms with Crippen LogP contribution in [0.15, 0.2) is 121 Å². The van der Waals surface area contributed by atoms with E-state index >= 15 is 0 Å². The fraction of sp³-hybridized carbons (Fsp3) is 0.342. The Morgan fingerprint density at radius 2 is 1.06 bits per heavy atom. The van der Waals surface area contributed by atoms with Crippen molar-refractivity contribution in [2.45, 2.75) is 63.5 Å². The molecule has 9 heteroatoms. The quantitative estimate of drug-likeness (QED) is 0.100. The van der Waals surface area contributed by atoms with Gasteiger partial charge in [0.05, 0.1) is 33.0 Å². The van der Waals surface area contributed by atoms with E-state index in [1.54, 1.807) is 0 Å². The van der Waals surface area contributed by atoms with Crippen molar-refractivity contribution >= 4 is 17.3 Å². The van der Waals surface area contributed by atoms with Crippen LogP contribution in [-0.2, 0) is 50.1 Å². The fourth-order valence-electron chi connectivity index (χ4n) is 5.37. The van der Waals surface area contributed by atoms with Crippen molar-refractivity contribution < 1.29 is 28.8 Å². The van der Waals surface area contributed by atoms with Gasteiger partial charge in [0.25, 0.3) is 0 Å². The monoisotopic (exact) mass is 656 g/mol. The Hall–Kier alpha value is -3.67. The molecule has 0 aromatic heterocycles. The van der Waals surface area contributed by atoms with Crippen LogP contribution in [0.5, 0.6) is 0 Å². The molecule has 4 aromatic carbocycles. The molecule has 0 amide bonds. The van der Waals surface area contributed by atoms with Crippen LogP contribution in [0.2, 0.25) is 0 Å². The number of nitrogens with one attached hydrogen (secondary N) is 2. The summed E-state index contributed by atoms with van der Waals surface area (Å²) < 4.78 is 33.1. The summed E-state index contributed by atoms with van der Waals surface area (Å²) in [5, 5.41) is 16.2. The van der Waals surface area contributed by atoms with E-state index in [0.29, 0.717) is 44.5 Å².